The van der Waals surface area contributed by atoms with E-state index in [1.54, 1.807) is 25.6 Å². The highest BCUT2D eigenvalue weighted by Gasteiger charge is 2.13. The number of fused-ring (bicyclic) bond motifs is 1. The molecule has 0 amide bonds. The molecule has 1 heterocycles. The van der Waals surface area contributed by atoms with E-state index >= 15 is 0 Å². The molecule has 0 radical (unpaired) electrons. The van der Waals surface area contributed by atoms with Gasteiger partial charge in [0.2, 0.25) is 0 Å². The fourth-order valence-corrected chi connectivity index (χ4v) is 3.50. The van der Waals surface area contributed by atoms with Crippen LogP contribution in [-0.4, -0.2) is 38.8 Å². The highest BCUT2D eigenvalue weighted by molar-refractivity contribution is 7.20. The molecule has 0 fully saturated rings. The molecule has 1 aromatic heterocycles. The second kappa shape index (κ2) is 13.4. The molecule has 0 aliphatic heterocycles. The van der Waals surface area contributed by atoms with E-state index in [9.17, 15) is 0 Å². The zero-order valence-corrected chi connectivity index (χ0v) is 17.3. The summed E-state index contributed by atoms with van der Waals surface area (Å²) in [5.41, 5.74) is 7.68. The van der Waals surface area contributed by atoms with E-state index in [0.717, 1.165) is 48.4 Å². The molecule has 2 aromatic rings. The highest BCUT2D eigenvalue weighted by Crippen LogP contribution is 2.36. The van der Waals surface area contributed by atoms with Crippen molar-refractivity contribution in [2.45, 2.75) is 32.1 Å². The third-order valence-electron chi connectivity index (χ3n) is 3.84. The van der Waals surface area contributed by atoms with Gasteiger partial charge in [0.05, 0.1) is 18.9 Å². The van der Waals surface area contributed by atoms with Crippen molar-refractivity contribution in [3.8, 4) is 10.9 Å². The Morgan fingerprint density at radius 2 is 1.80 bits per heavy atom. The summed E-state index contributed by atoms with van der Waals surface area (Å²) >= 11 is 1.58. The molecule has 0 aliphatic rings. The number of hydrogen-bond acceptors (Lipinski definition) is 6. The topological polar surface area (TPSA) is 69.4 Å². The fourth-order valence-electron chi connectivity index (χ4n) is 2.56. The van der Waals surface area contributed by atoms with Crippen LogP contribution in [0.1, 0.15) is 31.2 Å². The van der Waals surface area contributed by atoms with Crippen LogP contribution in [0, 0.1) is 0 Å². The maximum absolute atomic E-state index is 5.50. The monoisotopic (exact) mass is 409 g/mol. The lowest BCUT2D eigenvalue weighted by atomic mass is 10.1. The quantitative estimate of drug-likeness (QED) is 0.552. The van der Waals surface area contributed by atoms with Crippen LogP contribution < -0.4 is 20.5 Å². The molecule has 25 heavy (non-hydrogen) atoms. The number of nitrogens with two attached hydrogens (primary N) is 1. The van der Waals surface area contributed by atoms with Gasteiger partial charge in [0, 0.05) is 0 Å². The first-order valence-corrected chi connectivity index (χ1v) is 9.03. The van der Waals surface area contributed by atoms with Gasteiger partial charge in [-0.3, -0.25) is 0 Å². The number of aromatic nitrogens is 1. The van der Waals surface area contributed by atoms with Gasteiger partial charge in [-0.05, 0) is 50.5 Å². The minimum Gasteiger partial charge on any atom is -0.494 e. The number of ether oxygens (including phenoxy) is 2. The van der Waals surface area contributed by atoms with E-state index in [-0.39, 0.29) is 24.8 Å². The predicted molar refractivity (Wildman–Crippen MR) is 111 cm³/mol. The van der Waals surface area contributed by atoms with Crippen molar-refractivity contribution in [1.29, 1.82) is 0 Å². The summed E-state index contributed by atoms with van der Waals surface area (Å²) in [5.74, 6) is 0.802. The van der Waals surface area contributed by atoms with Crippen LogP contribution in [0.2, 0.25) is 0 Å². The minimum atomic E-state index is 0. The summed E-state index contributed by atoms with van der Waals surface area (Å²) < 4.78 is 11.8. The third-order valence-corrected chi connectivity index (χ3v) is 4.93. The Morgan fingerprint density at radius 1 is 1.04 bits per heavy atom. The average molecular weight is 410 g/mol. The summed E-state index contributed by atoms with van der Waals surface area (Å²) in [6.45, 7) is 2.84. The van der Waals surface area contributed by atoms with Gasteiger partial charge in [-0.1, -0.05) is 30.2 Å². The van der Waals surface area contributed by atoms with Crippen LogP contribution in [0.4, 0.5) is 0 Å². The predicted octanol–water partition coefficient (Wildman–Crippen LogP) is 3.81. The lowest BCUT2D eigenvalue weighted by Crippen LogP contribution is -2.18. The van der Waals surface area contributed by atoms with Crippen LogP contribution in [0.25, 0.3) is 10.2 Å². The summed E-state index contributed by atoms with van der Waals surface area (Å²) in [6, 6.07) is 4.12. The third kappa shape index (κ3) is 7.15. The van der Waals surface area contributed by atoms with Crippen molar-refractivity contribution >= 4 is 46.4 Å². The Hall–Kier alpha value is -0.790. The Kier molecular flexibility index (Phi) is 13.0. The number of rotatable bonds is 11. The Labute approximate surface area is 166 Å². The van der Waals surface area contributed by atoms with Gasteiger partial charge in [-0.15, -0.1) is 24.8 Å². The molecule has 8 heteroatoms. The number of hydrogen-bond donors (Lipinski definition) is 2. The van der Waals surface area contributed by atoms with Crippen molar-refractivity contribution in [3.63, 3.8) is 0 Å². The Morgan fingerprint density at radius 3 is 2.48 bits per heavy atom. The van der Waals surface area contributed by atoms with E-state index in [0.29, 0.717) is 5.19 Å². The average Bonchev–Trinajstić information content (AvgIpc) is 3.02. The van der Waals surface area contributed by atoms with Crippen molar-refractivity contribution in [1.82, 2.24) is 10.3 Å². The van der Waals surface area contributed by atoms with Crippen LogP contribution in [0.15, 0.2) is 12.1 Å². The maximum atomic E-state index is 5.50. The van der Waals surface area contributed by atoms with Gasteiger partial charge < -0.3 is 20.5 Å². The molecule has 0 saturated carbocycles. The number of methoxy groups -OCH3 is 2. The lowest BCUT2D eigenvalue weighted by molar-refractivity contribution is 0.408. The van der Waals surface area contributed by atoms with E-state index in [1.807, 2.05) is 6.07 Å². The zero-order chi connectivity index (χ0) is 16.5. The second-order valence-corrected chi connectivity index (χ2v) is 6.45. The summed E-state index contributed by atoms with van der Waals surface area (Å²) in [5, 5.41) is 4.19. The van der Waals surface area contributed by atoms with Crippen LogP contribution >= 0.6 is 36.2 Å². The molecule has 0 unspecified atom stereocenters. The first-order chi connectivity index (χ1) is 11.3. The number of nitrogens with one attached hydrogen (secondary N) is 1. The van der Waals surface area contributed by atoms with Crippen LogP contribution in [0.5, 0.6) is 10.9 Å². The number of thiazole rings is 1. The molecule has 144 valence electrons. The molecular formula is C17H29Cl2N3O2S. The van der Waals surface area contributed by atoms with Crippen molar-refractivity contribution < 1.29 is 9.47 Å². The summed E-state index contributed by atoms with van der Waals surface area (Å²) in [4.78, 5) is 4.49. The van der Waals surface area contributed by atoms with Gasteiger partial charge in [0.15, 0.2) is 0 Å². The van der Waals surface area contributed by atoms with E-state index < -0.39 is 0 Å². The zero-order valence-electron chi connectivity index (χ0n) is 14.9. The molecule has 3 N–H and O–H groups in total. The summed E-state index contributed by atoms with van der Waals surface area (Å²) in [6.07, 6.45) is 5.82. The fraction of sp³-hybridized carbons (Fsp3) is 0.588. The smallest absolute Gasteiger partial charge is 0.274 e. The first-order valence-electron chi connectivity index (χ1n) is 8.21. The number of halogens is 2. The van der Waals surface area contributed by atoms with Gasteiger partial charge in [0.25, 0.3) is 5.19 Å². The minimum absolute atomic E-state index is 0. The molecule has 5 nitrogen and oxygen atoms in total. The molecular weight excluding hydrogens is 381 g/mol. The molecule has 0 spiro atoms. The second-order valence-electron chi connectivity index (χ2n) is 5.49. The van der Waals surface area contributed by atoms with Crippen molar-refractivity contribution in [3.05, 3.63) is 17.7 Å². The van der Waals surface area contributed by atoms with E-state index in [2.05, 4.69) is 16.4 Å². The lowest BCUT2D eigenvalue weighted by Gasteiger charge is -2.07. The van der Waals surface area contributed by atoms with Crippen LogP contribution in [-0.2, 0) is 6.42 Å². The van der Waals surface area contributed by atoms with Crippen molar-refractivity contribution in [2.24, 2.45) is 5.73 Å². The molecule has 0 bridgehead atoms. The Balaban J connectivity index is 0.00000288. The number of unbranched alkanes of at least 4 members (excludes halogenated alkanes) is 3. The van der Waals surface area contributed by atoms with Gasteiger partial charge in [-0.2, -0.15) is 4.98 Å². The number of benzene rings is 1. The largest absolute Gasteiger partial charge is 0.494 e. The van der Waals surface area contributed by atoms with Gasteiger partial charge >= 0.3 is 0 Å². The highest BCUT2D eigenvalue weighted by atomic mass is 35.5. The van der Waals surface area contributed by atoms with E-state index in [1.165, 1.54) is 24.8 Å². The van der Waals surface area contributed by atoms with Crippen molar-refractivity contribution in [2.75, 3.05) is 33.9 Å². The Bertz CT molecular complexity index is 611. The normalized spacial score (nSPS) is 10.2. The van der Waals surface area contributed by atoms with Crippen LogP contribution in [0.3, 0.4) is 0 Å². The standard InChI is InChI=1S/C17H27N3O2S.2ClH/c1-21-14-8-7-13(16-15(14)20-17(22-2)23-16)9-12-19-11-6-4-3-5-10-18;;/h7-8,19H,3-6,9-12,18H2,1-2H3;2*1H. The molecule has 0 aliphatic carbocycles. The molecule has 2 rings (SSSR count). The van der Waals surface area contributed by atoms with E-state index in [4.69, 9.17) is 15.2 Å². The van der Waals surface area contributed by atoms with Gasteiger partial charge in [-0.25, -0.2) is 0 Å². The summed E-state index contributed by atoms with van der Waals surface area (Å²) in [7, 11) is 3.32. The van der Waals surface area contributed by atoms with Gasteiger partial charge in [0.1, 0.15) is 11.3 Å². The molecule has 0 atom stereocenters. The number of nitrogens with zero attached hydrogens (tertiary/aromatic N) is 1. The SMILES string of the molecule is COc1nc2c(OC)ccc(CCNCCCCCCN)c2s1.Cl.Cl. The maximum Gasteiger partial charge on any atom is 0.274 e. The molecule has 1 aromatic carbocycles. The molecule has 0 saturated heterocycles. The first kappa shape index (κ1) is 24.2.